The fourth-order valence-electron chi connectivity index (χ4n) is 3.46. The first-order chi connectivity index (χ1) is 14.6. The topological polar surface area (TPSA) is 117 Å². The second-order valence-corrected chi connectivity index (χ2v) is 7.22. The van der Waals surface area contributed by atoms with Gasteiger partial charge in [0.05, 0.1) is 12.3 Å². The van der Waals surface area contributed by atoms with Gasteiger partial charge < -0.3 is 29.9 Å². The smallest absolute Gasteiger partial charge is 0.229 e. The second kappa shape index (κ2) is 8.95. The zero-order valence-corrected chi connectivity index (χ0v) is 16.2. The van der Waals surface area contributed by atoms with Crippen molar-refractivity contribution < 1.29 is 29.9 Å². The van der Waals surface area contributed by atoms with Gasteiger partial charge in [-0.3, -0.25) is 0 Å². The van der Waals surface area contributed by atoms with E-state index in [0.29, 0.717) is 12.2 Å². The third kappa shape index (κ3) is 4.23. The van der Waals surface area contributed by atoms with Gasteiger partial charge in [-0.15, -0.1) is 0 Å². The zero-order chi connectivity index (χ0) is 21.1. The quantitative estimate of drug-likeness (QED) is 0.469. The first-order valence-corrected chi connectivity index (χ1v) is 9.71. The van der Waals surface area contributed by atoms with Gasteiger partial charge >= 0.3 is 0 Å². The summed E-state index contributed by atoms with van der Waals surface area (Å²) in [6.07, 6.45) is -2.42. The maximum absolute atomic E-state index is 10.2. The van der Waals surface area contributed by atoms with E-state index in [-0.39, 0.29) is 0 Å². The molecule has 0 radical (unpaired) electrons. The van der Waals surface area contributed by atoms with Gasteiger partial charge in [0, 0.05) is 18.8 Å². The molecule has 0 aliphatic carbocycles. The summed E-state index contributed by atoms with van der Waals surface area (Å²) in [5, 5.41) is 43.7. The van der Waals surface area contributed by atoms with Crippen LogP contribution in [-0.4, -0.2) is 67.5 Å². The van der Waals surface area contributed by atoms with E-state index >= 15 is 0 Å². The first kappa shape index (κ1) is 20.5. The average molecular weight is 412 g/mol. The molecule has 158 valence electrons. The molecule has 3 aromatic rings. The average Bonchev–Trinajstić information content (AvgIpc) is 3.31. The fourth-order valence-corrected chi connectivity index (χ4v) is 3.46. The van der Waals surface area contributed by atoms with E-state index in [0.717, 1.165) is 16.8 Å². The number of ether oxygens (including phenoxy) is 2. The molecule has 5 atom stereocenters. The highest BCUT2D eigenvalue weighted by atomic mass is 16.7. The maximum atomic E-state index is 10.2. The Morgan fingerprint density at radius 2 is 1.70 bits per heavy atom. The number of para-hydroxylation sites is 1. The lowest BCUT2D eigenvalue weighted by molar-refractivity contribution is -0.277. The summed E-state index contributed by atoms with van der Waals surface area (Å²) in [5.74, 6) is 0.484. The van der Waals surface area contributed by atoms with Crippen molar-refractivity contribution >= 4 is 0 Å². The maximum Gasteiger partial charge on any atom is 0.229 e. The van der Waals surface area contributed by atoms with E-state index in [1.165, 1.54) is 0 Å². The van der Waals surface area contributed by atoms with Crippen LogP contribution in [0.2, 0.25) is 0 Å². The molecule has 1 aromatic heterocycles. The van der Waals surface area contributed by atoms with Crippen LogP contribution in [0, 0.1) is 0 Å². The van der Waals surface area contributed by atoms with Crippen LogP contribution in [0.25, 0.3) is 5.69 Å². The minimum atomic E-state index is -1.48. The van der Waals surface area contributed by atoms with Crippen molar-refractivity contribution in [1.82, 2.24) is 9.78 Å². The molecule has 1 fully saturated rings. The molecule has 4 N–H and O–H groups in total. The lowest BCUT2D eigenvalue weighted by Gasteiger charge is -2.39. The monoisotopic (exact) mass is 412 g/mol. The normalized spacial score (nSPS) is 26.5. The molecule has 8 nitrogen and oxygen atoms in total. The van der Waals surface area contributed by atoms with Gasteiger partial charge in [-0.25, -0.2) is 4.68 Å². The molecular formula is C22H24N2O6. The van der Waals surface area contributed by atoms with E-state index < -0.39 is 37.3 Å². The Bertz CT molecular complexity index is 945. The summed E-state index contributed by atoms with van der Waals surface area (Å²) in [6.45, 7) is -0.505. The van der Waals surface area contributed by atoms with Crippen LogP contribution in [0.4, 0.5) is 0 Å². The van der Waals surface area contributed by atoms with Crippen LogP contribution < -0.4 is 4.74 Å². The Balaban J connectivity index is 1.50. The highest BCUT2D eigenvalue weighted by Crippen LogP contribution is 2.28. The third-order valence-electron chi connectivity index (χ3n) is 5.16. The SMILES string of the molecule is OC[C@H]1O[C@H](Oc2ccccc2Cc2ccc(-n3cccn3)cc2)[C@H](O)[C@@H](O)[C@@H]1O. The summed E-state index contributed by atoms with van der Waals surface area (Å²) in [4.78, 5) is 0. The lowest BCUT2D eigenvalue weighted by Crippen LogP contribution is -2.60. The molecule has 0 amide bonds. The van der Waals surface area contributed by atoms with Gasteiger partial charge in [0.15, 0.2) is 0 Å². The van der Waals surface area contributed by atoms with Crippen molar-refractivity contribution in [1.29, 1.82) is 0 Å². The summed E-state index contributed by atoms with van der Waals surface area (Å²) >= 11 is 0. The molecule has 1 saturated heterocycles. The fraction of sp³-hybridized carbons (Fsp3) is 0.318. The van der Waals surface area contributed by atoms with Gasteiger partial charge in [-0.2, -0.15) is 5.10 Å². The molecule has 1 aliphatic heterocycles. The predicted molar refractivity (Wildman–Crippen MR) is 107 cm³/mol. The number of nitrogens with zero attached hydrogens (tertiary/aromatic N) is 2. The van der Waals surface area contributed by atoms with Crippen molar-refractivity contribution in [2.75, 3.05) is 6.61 Å². The molecule has 1 aliphatic rings. The summed E-state index contributed by atoms with van der Waals surface area (Å²) in [6, 6.07) is 17.1. The van der Waals surface area contributed by atoms with Crippen molar-refractivity contribution in [3.05, 3.63) is 78.1 Å². The van der Waals surface area contributed by atoms with E-state index in [2.05, 4.69) is 5.10 Å². The highest BCUT2D eigenvalue weighted by Gasteiger charge is 2.44. The molecule has 0 spiro atoms. The Labute approximate surface area is 173 Å². The van der Waals surface area contributed by atoms with Crippen molar-refractivity contribution in [2.45, 2.75) is 37.1 Å². The number of hydrogen-bond acceptors (Lipinski definition) is 7. The molecule has 4 rings (SSSR count). The van der Waals surface area contributed by atoms with Crippen LogP contribution in [0.1, 0.15) is 11.1 Å². The Morgan fingerprint density at radius 3 is 2.40 bits per heavy atom. The first-order valence-electron chi connectivity index (χ1n) is 9.71. The van der Waals surface area contributed by atoms with Crippen molar-refractivity contribution in [2.24, 2.45) is 0 Å². The van der Waals surface area contributed by atoms with Crippen LogP contribution in [-0.2, 0) is 11.2 Å². The molecule has 30 heavy (non-hydrogen) atoms. The lowest BCUT2D eigenvalue weighted by atomic mass is 9.99. The van der Waals surface area contributed by atoms with Crippen molar-refractivity contribution in [3.8, 4) is 11.4 Å². The number of aromatic nitrogens is 2. The van der Waals surface area contributed by atoms with Gasteiger partial charge in [-0.1, -0.05) is 30.3 Å². The molecule has 0 saturated carbocycles. The minimum absolute atomic E-state index is 0.484. The number of rotatable bonds is 6. The largest absolute Gasteiger partial charge is 0.462 e. The summed E-state index contributed by atoms with van der Waals surface area (Å²) in [7, 11) is 0. The molecule has 8 heteroatoms. The van der Waals surface area contributed by atoms with E-state index in [9.17, 15) is 20.4 Å². The van der Waals surface area contributed by atoms with Gasteiger partial charge in [0.1, 0.15) is 30.2 Å². The summed E-state index contributed by atoms with van der Waals surface area (Å²) in [5.41, 5.74) is 2.87. The third-order valence-corrected chi connectivity index (χ3v) is 5.16. The van der Waals surface area contributed by atoms with E-state index in [1.807, 2.05) is 48.7 Å². The van der Waals surface area contributed by atoms with Crippen molar-refractivity contribution in [3.63, 3.8) is 0 Å². The molecule has 2 aromatic carbocycles. The molecule has 0 bridgehead atoms. The van der Waals surface area contributed by atoms with Gasteiger partial charge in [0.25, 0.3) is 0 Å². The number of aliphatic hydroxyl groups is 4. The Hall–Kier alpha value is -2.75. The summed E-state index contributed by atoms with van der Waals surface area (Å²) < 4.78 is 13.1. The standard InChI is InChI=1S/C22H24N2O6/c25-13-18-19(26)20(27)21(28)22(30-18)29-17-5-2-1-4-15(17)12-14-6-8-16(9-7-14)24-11-3-10-23-24/h1-11,18-22,25-28H,12-13H2/t18-,19-,20+,21-,22+/m1/s1. The Morgan fingerprint density at radius 1 is 0.933 bits per heavy atom. The van der Waals surface area contributed by atoms with E-state index in [1.54, 1.807) is 23.0 Å². The number of aliphatic hydroxyl groups excluding tert-OH is 4. The highest BCUT2D eigenvalue weighted by molar-refractivity contribution is 5.40. The van der Waals surface area contributed by atoms with Crippen LogP contribution in [0.15, 0.2) is 67.0 Å². The molecular weight excluding hydrogens is 388 g/mol. The van der Waals surface area contributed by atoms with E-state index in [4.69, 9.17) is 9.47 Å². The zero-order valence-electron chi connectivity index (χ0n) is 16.2. The predicted octanol–water partition coefficient (Wildman–Crippen LogP) is 0.642. The number of hydrogen-bond donors (Lipinski definition) is 4. The number of benzene rings is 2. The van der Waals surface area contributed by atoms with Crippen LogP contribution in [0.5, 0.6) is 5.75 Å². The molecule has 0 unspecified atom stereocenters. The van der Waals surface area contributed by atoms with Crippen LogP contribution >= 0.6 is 0 Å². The second-order valence-electron chi connectivity index (χ2n) is 7.22. The van der Waals surface area contributed by atoms with Gasteiger partial charge in [-0.05, 0) is 35.4 Å². The van der Waals surface area contributed by atoms with Gasteiger partial charge in [0.2, 0.25) is 6.29 Å². The van der Waals surface area contributed by atoms with Crippen LogP contribution in [0.3, 0.4) is 0 Å². The Kier molecular flexibility index (Phi) is 6.12. The minimum Gasteiger partial charge on any atom is -0.462 e. The molecule has 2 heterocycles.